The summed E-state index contributed by atoms with van der Waals surface area (Å²) in [6, 6.07) is 6.57. The number of hydrogen-bond acceptors (Lipinski definition) is 7. The highest BCUT2D eigenvalue weighted by Gasteiger charge is 2.17. The minimum absolute atomic E-state index is 0.133. The van der Waals surface area contributed by atoms with Gasteiger partial charge in [0.15, 0.2) is 0 Å². The van der Waals surface area contributed by atoms with E-state index in [9.17, 15) is 5.11 Å². The quantitative estimate of drug-likeness (QED) is 0.446. The molecule has 0 unspecified atom stereocenters. The van der Waals surface area contributed by atoms with Gasteiger partial charge in [0, 0.05) is 36.9 Å². The predicted molar refractivity (Wildman–Crippen MR) is 128 cm³/mol. The topological polar surface area (TPSA) is 96.5 Å². The van der Waals surface area contributed by atoms with E-state index < -0.39 is 0 Å². The number of anilines is 2. The maximum Gasteiger partial charge on any atom is 0.222 e. The van der Waals surface area contributed by atoms with Crippen LogP contribution in [0.4, 0.5) is 11.8 Å². The average molecular weight is 430 g/mol. The molecule has 0 aliphatic carbocycles. The van der Waals surface area contributed by atoms with Crippen LogP contribution in [0.1, 0.15) is 62.4 Å². The number of nitrogens with one attached hydrogen (secondary N) is 1. The maximum atomic E-state index is 9.43. The lowest BCUT2D eigenvalue weighted by atomic mass is 10.0. The first-order valence-electron chi connectivity index (χ1n) is 11.3. The summed E-state index contributed by atoms with van der Waals surface area (Å²) in [5, 5.41) is 12.9. The van der Waals surface area contributed by atoms with E-state index in [0.717, 1.165) is 60.9 Å². The highest BCUT2D eigenvalue weighted by atomic mass is 16.5. The SMILES string of the molecule is CCC[C@@H](CCO)Nc1nc(N)nc(C)c1Cc1ccc(CN(CC)CC)cc1OC. The van der Waals surface area contributed by atoms with Crippen molar-refractivity contribution in [2.24, 2.45) is 0 Å². The second-order valence-electron chi connectivity index (χ2n) is 7.92. The second-order valence-corrected chi connectivity index (χ2v) is 7.92. The molecule has 2 rings (SSSR count). The zero-order valence-electron chi connectivity index (χ0n) is 19.7. The lowest BCUT2D eigenvalue weighted by molar-refractivity contribution is 0.276. The first-order chi connectivity index (χ1) is 14.9. The number of nitrogens with zero attached hydrogens (tertiary/aromatic N) is 3. The molecule has 0 fully saturated rings. The summed E-state index contributed by atoms with van der Waals surface area (Å²) < 4.78 is 5.73. The first-order valence-corrected chi connectivity index (χ1v) is 11.3. The van der Waals surface area contributed by atoms with Gasteiger partial charge in [0.05, 0.1) is 7.11 Å². The van der Waals surface area contributed by atoms with E-state index >= 15 is 0 Å². The summed E-state index contributed by atoms with van der Waals surface area (Å²) in [4.78, 5) is 11.3. The van der Waals surface area contributed by atoms with Crippen molar-refractivity contribution in [2.45, 2.75) is 66.0 Å². The van der Waals surface area contributed by atoms with Gasteiger partial charge >= 0.3 is 0 Å². The maximum absolute atomic E-state index is 9.43. The van der Waals surface area contributed by atoms with Gasteiger partial charge < -0.3 is 20.9 Å². The van der Waals surface area contributed by atoms with Crippen molar-refractivity contribution in [3.05, 3.63) is 40.6 Å². The molecule has 2 aromatic rings. The normalized spacial score (nSPS) is 12.2. The van der Waals surface area contributed by atoms with E-state index in [2.05, 4.69) is 59.2 Å². The van der Waals surface area contributed by atoms with Crippen molar-refractivity contribution in [1.82, 2.24) is 14.9 Å². The van der Waals surface area contributed by atoms with E-state index in [4.69, 9.17) is 10.5 Å². The van der Waals surface area contributed by atoms with Gasteiger partial charge in [-0.2, -0.15) is 4.98 Å². The third-order valence-electron chi connectivity index (χ3n) is 5.71. The molecule has 1 atom stereocenters. The molecule has 0 bridgehead atoms. The molecule has 1 aromatic carbocycles. The molecule has 0 radical (unpaired) electrons. The largest absolute Gasteiger partial charge is 0.496 e. The van der Waals surface area contributed by atoms with Crippen molar-refractivity contribution >= 4 is 11.8 Å². The first kappa shape index (κ1) is 24.9. The highest BCUT2D eigenvalue weighted by Crippen LogP contribution is 2.28. The van der Waals surface area contributed by atoms with Crippen LogP contribution in [0.5, 0.6) is 5.75 Å². The van der Waals surface area contributed by atoms with Gasteiger partial charge in [0.2, 0.25) is 5.95 Å². The minimum atomic E-state index is 0.133. The van der Waals surface area contributed by atoms with Gasteiger partial charge in [-0.05, 0) is 50.0 Å². The zero-order valence-corrected chi connectivity index (χ0v) is 19.7. The summed E-state index contributed by atoms with van der Waals surface area (Å²) in [5.41, 5.74) is 10.1. The molecule has 0 aliphatic heterocycles. The average Bonchev–Trinajstić information content (AvgIpc) is 2.75. The summed E-state index contributed by atoms with van der Waals surface area (Å²) in [7, 11) is 1.71. The number of nitrogens with two attached hydrogens (primary N) is 1. The summed E-state index contributed by atoms with van der Waals surface area (Å²) in [6.45, 7) is 11.5. The Labute approximate surface area is 187 Å². The van der Waals surface area contributed by atoms with Crippen molar-refractivity contribution in [1.29, 1.82) is 0 Å². The number of ether oxygens (including phenoxy) is 1. The molecule has 7 heteroatoms. The Morgan fingerprint density at radius 1 is 1.16 bits per heavy atom. The van der Waals surface area contributed by atoms with Gasteiger partial charge in [0.1, 0.15) is 11.6 Å². The van der Waals surface area contributed by atoms with Gasteiger partial charge in [0.25, 0.3) is 0 Å². The fraction of sp³-hybridized carbons (Fsp3) is 0.583. The summed E-state index contributed by atoms with van der Waals surface area (Å²) in [6.07, 6.45) is 3.28. The number of hydrogen-bond donors (Lipinski definition) is 3. The fourth-order valence-electron chi connectivity index (χ4n) is 3.86. The molecule has 31 heavy (non-hydrogen) atoms. The zero-order chi connectivity index (χ0) is 22.8. The van der Waals surface area contributed by atoms with E-state index in [1.165, 1.54) is 5.56 Å². The molecule has 1 heterocycles. The van der Waals surface area contributed by atoms with Crippen LogP contribution in [0.3, 0.4) is 0 Å². The van der Waals surface area contributed by atoms with Gasteiger partial charge in [-0.15, -0.1) is 0 Å². The molecule has 0 saturated heterocycles. The lowest BCUT2D eigenvalue weighted by Gasteiger charge is -2.22. The summed E-state index contributed by atoms with van der Waals surface area (Å²) >= 11 is 0. The van der Waals surface area contributed by atoms with E-state index in [1.54, 1.807) is 7.11 Å². The molecule has 4 N–H and O–H groups in total. The van der Waals surface area contributed by atoms with Crippen LogP contribution in [0.2, 0.25) is 0 Å². The van der Waals surface area contributed by atoms with Crippen molar-refractivity contribution in [3.8, 4) is 5.75 Å². The Kier molecular flexibility index (Phi) is 10.0. The van der Waals surface area contributed by atoms with Crippen LogP contribution >= 0.6 is 0 Å². The minimum Gasteiger partial charge on any atom is -0.496 e. The number of nitrogen functional groups attached to an aromatic ring is 1. The Bertz CT molecular complexity index is 818. The number of rotatable bonds is 13. The van der Waals surface area contributed by atoms with Crippen LogP contribution in [0.15, 0.2) is 18.2 Å². The molecular weight excluding hydrogens is 390 g/mol. The number of aromatic nitrogens is 2. The Hall–Kier alpha value is -2.38. The van der Waals surface area contributed by atoms with Gasteiger partial charge in [-0.1, -0.05) is 39.3 Å². The van der Waals surface area contributed by atoms with E-state index in [-0.39, 0.29) is 18.6 Å². The van der Waals surface area contributed by atoms with Crippen LogP contribution in [-0.4, -0.2) is 52.8 Å². The van der Waals surface area contributed by atoms with Crippen molar-refractivity contribution in [2.75, 3.05) is 37.9 Å². The molecule has 172 valence electrons. The molecular formula is C24H39N5O2. The monoisotopic (exact) mass is 429 g/mol. The number of methoxy groups -OCH3 is 1. The molecule has 1 aromatic heterocycles. The molecule has 0 spiro atoms. The molecule has 0 aliphatic rings. The van der Waals surface area contributed by atoms with Crippen LogP contribution in [0.25, 0.3) is 0 Å². The van der Waals surface area contributed by atoms with Crippen molar-refractivity contribution < 1.29 is 9.84 Å². The van der Waals surface area contributed by atoms with Crippen LogP contribution < -0.4 is 15.8 Å². The van der Waals surface area contributed by atoms with E-state index in [1.807, 2.05) is 6.92 Å². The smallest absolute Gasteiger partial charge is 0.222 e. The number of benzene rings is 1. The van der Waals surface area contributed by atoms with Gasteiger partial charge in [-0.25, -0.2) is 4.98 Å². The van der Waals surface area contributed by atoms with Crippen LogP contribution in [-0.2, 0) is 13.0 Å². The molecule has 0 amide bonds. The van der Waals surface area contributed by atoms with Crippen LogP contribution in [0, 0.1) is 6.92 Å². The Morgan fingerprint density at radius 3 is 2.52 bits per heavy atom. The summed E-state index contributed by atoms with van der Waals surface area (Å²) in [5.74, 6) is 1.86. The third kappa shape index (κ3) is 7.08. The van der Waals surface area contributed by atoms with Crippen molar-refractivity contribution in [3.63, 3.8) is 0 Å². The lowest BCUT2D eigenvalue weighted by Crippen LogP contribution is -2.23. The number of aliphatic hydroxyl groups excluding tert-OH is 1. The van der Waals surface area contributed by atoms with Gasteiger partial charge in [-0.3, -0.25) is 4.90 Å². The molecule has 0 saturated carbocycles. The Morgan fingerprint density at radius 2 is 1.90 bits per heavy atom. The third-order valence-corrected chi connectivity index (χ3v) is 5.71. The molecule has 7 nitrogen and oxygen atoms in total. The standard InChI is InChI=1S/C24H39N5O2/c1-6-9-20(12-13-30)27-23-21(17(4)26-24(25)28-23)15-19-11-10-18(14-22(19)31-5)16-29(7-2)8-3/h10-11,14,20,30H,6-9,12-13,15-16H2,1-5H3,(H3,25,26,27,28)/t20-/m0/s1. The second kappa shape index (κ2) is 12.5. The fourth-order valence-corrected chi connectivity index (χ4v) is 3.86. The Balaban J connectivity index is 2.34. The number of aliphatic hydroxyl groups is 1. The van der Waals surface area contributed by atoms with E-state index in [0.29, 0.717) is 12.8 Å². The predicted octanol–water partition coefficient (Wildman–Crippen LogP) is 3.77. The highest BCUT2D eigenvalue weighted by molar-refractivity contribution is 5.53. The number of aryl methyl sites for hydroxylation is 1.